The van der Waals surface area contributed by atoms with Gasteiger partial charge in [-0.25, -0.2) is 4.98 Å². The summed E-state index contributed by atoms with van der Waals surface area (Å²) in [5, 5.41) is 0. The van der Waals surface area contributed by atoms with Crippen LogP contribution in [0.4, 0.5) is 0 Å². The molecule has 16 heavy (non-hydrogen) atoms. The summed E-state index contributed by atoms with van der Waals surface area (Å²) in [5.41, 5.74) is 3.89. The molecule has 0 spiro atoms. The molecule has 0 aliphatic carbocycles. The Morgan fingerprint density at radius 1 is 1.50 bits per heavy atom. The molecule has 4 heteroatoms. The molecule has 84 valence electrons. The average molecular weight is 218 g/mol. The number of carbonyl (C=O) groups excluding carboxylic acids is 1. The van der Waals surface area contributed by atoms with Crippen molar-refractivity contribution in [2.45, 2.75) is 27.4 Å². The Morgan fingerprint density at radius 2 is 2.25 bits per heavy atom. The van der Waals surface area contributed by atoms with E-state index in [1.165, 1.54) is 6.92 Å². The molecule has 0 amide bonds. The van der Waals surface area contributed by atoms with E-state index in [2.05, 4.69) is 4.98 Å². The standard InChI is InChI=1S/C12H14N2O2/c1-8-9(2)14-6-4-5-11(12(14)13-8)7-16-10(3)15/h4-6H,7H2,1-3H3. The van der Waals surface area contributed by atoms with Crippen LogP contribution in [-0.2, 0) is 16.1 Å². The largest absolute Gasteiger partial charge is 0.461 e. The first-order chi connectivity index (χ1) is 7.59. The fourth-order valence-corrected chi connectivity index (χ4v) is 1.65. The minimum Gasteiger partial charge on any atom is -0.461 e. The second kappa shape index (κ2) is 3.96. The maximum Gasteiger partial charge on any atom is 0.302 e. The monoisotopic (exact) mass is 218 g/mol. The fraction of sp³-hybridized carbons (Fsp3) is 0.333. The van der Waals surface area contributed by atoms with Gasteiger partial charge in [-0.15, -0.1) is 0 Å². The second-order valence-corrected chi connectivity index (χ2v) is 3.79. The van der Waals surface area contributed by atoms with Crippen LogP contribution in [0.25, 0.3) is 5.65 Å². The molecule has 2 aromatic heterocycles. The van der Waals surface area contributed by atoms with Gasteiger partial charge in [0, 0.05) is 24.4 Å². The minimum atomic E-state index is -0.276. The molecule has 0 fully saturated rings. The first-order valence-electron chi connectivity index (χ1n) is 5.16. The first kappa shape index (κ1) is 10.7. The van der Waals surface area contributed by atoms with E-state index in [1.807, 2.05) is 36.6 Å². The van der Waals surface area contributed by atoms with Gasteiger partial charge in [0.15, 0.2) is 0 Å². The van der Waals surface area contributed by atoms with E-state index < -0.39 is 0 Å². The lowest BCUT2D eigenvalue weighted by Crippen LogP contribution is -2.01. The molecular weight excluding hydrogens is 204 g/mol. The van der Waals surface area contributed by atoms with Crippen LogP contribution in [0.2, 0.25) is 0 Å². The van der Waals surface area contributed by atoms with Gasteiger partial charge in [0.2, 0.25) is 0 Å². The number of aryl methyl sites for hydroxylation is 2. The quantitative estimate of drug-likeness (QED) is 0.724. The normalized spacial score (nSPS) is 10.7. The molecule has 0 aliphatic heterocycles. The number of nitrogens with zero attached hydrogens (tertiary/aromatic N) is 2. The van der Waals surface area contributed by atoms with Gasteiger partial charge >= 0.3 is 5.97 Å². The van der Waals surface area contributed by atoms with E-state index in [-0.39, 0.29) is 12.6 Å². The number of rotatable bonds is 2. The van der Waals surface area contributed by atoms with Crippen LogP contribution in [0, 0.1) is 13.8 Å². The molecule has 0 radical (unpaired) electrons. The molecule has 0 atom stereocenters. The molecule has 2 rings (SSSR count). The van der Waals surface area contributed by atoms with Crippen molar-refractivity contribution >= 4 is 11.6 Å². The van der Waals surface area contributed by atoms with E-state index in [0.29, 0.717) is 0 Å². The molecule has 0 aromatic carbocycles. The molecule has 0 aliphatic rings. The molecule has 0 saturated heterocycles. The van der Waals surface area contributed by atoms with Crippen molar-refractivity contribution in [2.24, 2.45) is 0 Å². The Kier molecular flexibility index (Phi) is 2.64. The fourth-order valence-electron chi connectivity index (χ4n) is 1.65. The van der Waals surface area contributed by atoms with E-state index in [1.54, 1.807) is 0 Å². The number of carbonyl (C=O) groups is 1. The zero-order valence-electron chi connectivity index (χ0n) is 9.65. The molecule has 2 heterocycles. The first-order valence-corrected chi connectivity index (χ1v) is 5.16. The highest BCUT2D eigenvalue weighted by Crippen LogP contribution is 2.15. The predicted octanol–water partition coefficient (Wildman–Crippen LogP) is 2.01. The van der Waals surface area contributed by atoms with Gasteiger partial charge in [0.1, 0.15) is 12.3 Å². The van der Waals surface area contributed by atoms with Gasteiger partial charge in [-0.1, -0.05) is 6.07 Å². The maximum atomic E-state index is 10.8. The number of esters is 1. The Hall–Kier alpha value is -1.84. The van der Waals surface area contributed by atoms with Crippen LogP contribution in [0.1, 0.15) is 23.9 Å². The Labute approximate surface area is 93.9 Å². The summed E-state index contributed by atoms with van der Waals surface area (Å²) in [6.45, 7) is 5.67. The highest BCUT2D eigenvalue weighted by atomic mass is 16.5. The third kappa shape index (κ3) is 1.78. The second-order valence-electron chi connectivity index (χ2n) is 3.79. The van der Waals surface area contributed by atoms with Crippen molar-refractivity contribution in [1.82, 2.24) is 9.38 Å². The van der Waals surface area contributed by atoms with E-state index in [9.17, 15) is 4.79 Å². The zero-order chi connectivity index (χ0) is 11.7. The summed E-state index contributed by atoms with van der Waals surface area (Å²) in [6, 6.07) is 3.85. The van der Waals surface area contributed by atoms with Crippen LogP contribution in [0.5, 0.6) is 0 Å². The van der Waals surface area contributed by atoms with Crippen molar-refractivity contribution in [3.63, 3.8) is 0 Å². The van der Waals surface area contributed by atoms with Crippen LogP contribution in [0.15, 0.2) is 18.3 Å². The third-order valence-corrected chi connectivity index (χ3v) is 2.64. The molecule has 0 N–H and O–H groups in total. The lowest BCUT2D eigenvalue weighted by molar-refractivity contribution is -0.142. The van der Waals surface area contributed by atoms with Crippen LogP contribution >= 0.6 is 0 Å². The number of ether oxygens (including phenoxy) is 1. The number of hydrogen-bond acceptors (Lipinski definition) is 3. The van der Waals surface area contributed by atoms with E-state index in [0.717, 1.165) is 22.6 Å². The van der Waals surface area contributed by atoms with Crippen molar-refractivity contribution in [3.05, 3.63) is 35.3 Å². The van der Waals surface area contributed by atoms with Crippen LogP contribution in [0.3, 0.4) is 0 Å². The molecule has 4 nitrogen and oxygen atoms in total. The highest BCUT2D eigenvalue weighted by Gasteiger charge is 2.08. The number of fused-ring (bicyclic) bond motifs is 1. The van der Waals surface area contributed by atoms with Crippen molar-refractivity contribution in [1.29, 1.82) is 0 Å². The highest BCUT2D eigenvalue weighted by molar-refractivity contribution is 5.66. The van der Waals surface area contributed by atoms with Gasteiger partial charge in [0.25, 0.3) is 0 Å². The lowest BCUT2D eigenvalue weighted by Gasteiger charge is -2.04. The van der Waals surface area contributed by atoms with E-state index in [4.69, 9.17) is 4.74 Å². The van der Waals surface area contributed by atoms with Crippen molar-refractivity contribution < 1.29 is 9.53 Å². The third-order valence-electron chi connectivity index (χ3n) is 2.64. The molecule has 0 unspecified atom stereocenters. The van der Waals surface area contributed by atoms with Gasteiger partial charge in [-0.3, -0.25) is 4.79 Å². The minimum absolute atomic E-state index is 0.273. The maximum absolute atomic E-state index is 10.8. The number of hydrogen-bond donors (Lipinski definition) is 0. The average Bonchev–Trinajstić information content (AvgIpc) is 2.53. The van der Waals surface area contributed by atoms with Gasteiger partial charge in [-0.2, -0.15) is 0 Å². The summed E-state index contributed by atoms with van der Waals surface area (Å²) in [7, 11) is 0. The smallest absolute Gasteiger partial charge is 0.302 e. The molecule has 0 saturated carbocycles. The van der Waals surface area contributed by atoms with Crippen LogP contribution < -0.4 is 0 Å². The summed E-state index contributed by atoms with van der Waals surface area (Å²) < 4.78 is 7.00. The van der Waals surface area contributed by atoms with E-state index >= 15 is 0 Å². The Bertz CT molecular complexity index is 543. The van der Waals surface area contributed by atoms with Crippen molar-refractivity contribution in [3.8, 4) is 0 Å². The number of imidazole rings is 1. The number of pyridine rings is 1. The summed E-state index contributed by atoms with van der Waals surface area (Å²) in [6.07, 6.45) is 1.96. The summed E-state index contributed by atoms with van der Waals surface area (Å²) in [5.74, 6) is -0.276. The summed E-state index contributed by atoms with van der Waals surface area (Å²) >= 11 is 0. The zero-order valence-corrected chi connectivity index (χ0v) is 9.65. The van der Waals surface area contributed by atoms with Gasteiger partial charge < -0.3 is 9.14 Å². The molecule has 0 bridgehead atoms. The SMILES string of the molecule is CC(=O)OCc1cccn2c(C)c(C)nc12. The topological polar surface area (TPSA) is 43.6 Å². The molecule has 2 aromatic rings. The Morgan fingerprint density at radius 3 is 2.94 bits per heavy atom. The predicted molar refractivity (Wildman–Crippen MR) is 60.1 cm³/mol. The van der Waals surface area contributed by atoms with Crippen LogP contribution in [-0.4, -0.2) is 15.4 Å². The summed E-state index contributed by atoms with van der Waals surface area (Å²) in [4.78, 5) is 15.2. The Balaban J connectivity index is 2.45. The lowest BCUT2D eigenvalue weighted by atomic mass is 10.3. The van der Waals surface area contributed by atoms with Gasteiger partial charge in [0.05, 0.1) is 5.69 Å². The molecular formula is C12H14N2O2. The number of aromatic nitrogens is 2. The van der Waals surface area contributed by atoms with Gasteiger partial charge in [-0.05, 0) is 19.9 Å². The van der Waals surface area contributed by atoms with Crippen molar-refractivity contribution in [2.75, 3.05) is 0 Å².